The minimum Gasteiger partial charge on any atom is -0.455 e. The number of Topliss-reactive ketones (excluding diaryl/α,β-unsaturated/α-hetero) is 1. The number of carbonyl (C=O) groups excluding carboxylic acids is 3. The molecule has 1 aromatic heterocycles. The molecular formula is C24H23ClN2O5. The number of amides is 1. The van der Waals surface area contributed by atoms with Crippen molar-refractivity contribution in [2.75, 3.05) is 13.7 Å². The van der Waals surface area contributed by atoms with E-state index in [1.54, 1.807) is 43.4 Å². The molecule has 0 aliphatic heterocycles. The zero-order valence-corrected chi connectivity index (χ0v) is 18.4. The Bertz CT molecular complexity index is 1170. The summed E-state index contributed by atoms with van der Waals surface area (Å²) in [5, 5.41) is 5.06. The molecule has 3 aromatic rings. The number of carbonyl (C=O) groups is 3. The second-order valence-corrected chi connectivity index (χ2v) is 8.29. The van der Waals surface area contributed by atoms with Gasteiger partial charge in [0.25, 0.3) is 5.91 Å². The van der Waals surface area contributed by atoms with Gasteiger partial charge in [0, 0.05) is 29.4 Å². The summed E-state index contributed by atoms with van der Waals surface area (Å²) in [7, 11) is 1.56. The SMILES string of the molecule is CN(C(=O)COC(=O)Cc1noc2ccccc12)C1(c2ccccc2Cl)CCCCC1=O. The van der Waals surface area contributed by atoms with Crippen molar-refractivity contribution in [3.8, 4) is 0 Å². The molecule has 2 aromatic carbocycles. The van der Waals surface area contributed by atoms with Gasteiger partial charge in [-0.2, -0.15) is 0 Å². The molecule has 1 amide bonds. The Hall–Kier alpha value is -3.19. The van der Waals surface area contributed by atoms with Crippen molar-refractivity contribution in [3.05, 3.63) is 64.8 Å². The number of rotatable bonds is 6. The van der Waals surface area contributed by atoms with Gasteiger partial charge in [-0.15, -0.1) is 0 Å². The van der Waals surface area contributed by atoms with Crippen LogP contribution in [-0.2, 0) is 31.1 Å². The topological polar surface area (TPSA) is 89.7 Å². The molecule has 0 saturated heterocycles. The predicted octanol–water partition coefficient (Wildman–Crippen LogP) is 4.06. The van der Waals surface area contributed by atoms with Crippen molar-refractivity contribution < 1.29 is 23.6 Å². The van der Waals surface area contributed by atoms with E-state index < -0.39 is 24.0 Å². The Balaban J connectivity index is 1.48. The van der Waals surface area contributed by atoms with Crippen molar-refractivity contribution in [2.24, 2.45) is 0 Å². The van der Waals surface area contributed by atoms with Crippen LogP contribution in [0.3, 0.4) is 0 Å². The second-order valence-electron chi connectivity index (χ2n) is 7.89. The number of para-hydroxylation sites is 1. The maximum absolute atomic E-state index is 13.1. The van der Waals surface area contributed by atoms with E-state index in [1.807, 2.05) is 12.1 Å². The van der Waals surface area contributed by atoms with Crippen molar-refractivity contribution in [1.29, 1.82) is 0 Å². The molecule has 1 unspecified atom stereocenters. The van der Waals surface area contributed by atoms with Crippen molar-refractivity contribution >= 4 is 40.2 Å². The molecule has 8 heteroatoms. The number of hydrogen-bond acceptors (Lipinski definition) is 6. The molecule has 0 spiro atoms. The first-order valence-electron chi connectivity index (χ1n) is 10.5. The number of ether oxygens (including phenoxy) is 1. The van der Waals surface area contributed by atoms with Crippen molar-refractivity contribution in [1.82, 2.24) is 10.1 Å². The molecule has 32 heavy (non-hydrogen) atoms. The molecule has 1 atom stereocenters. The molecular weight excluding hydrogens is 432 g/mol. The van der Waals surface area contributed by atoms with Crippen molar-refractivity contribution in [2.45, 2.75) is 37.6 Å². The molecule has 0 bridgehead atoms. The fourth-order valence-corrected chi connectivity index (χ4v) is 4.63. The lowest BCUT2D eigenvalue weighted by Crippen LogP contribution is -2.55. The van der Waals surface area contributed by atoms with E-state index in [4.69, 9.17) is 20.9 Å². The summed E-state index contributed by atoms with van der Waals surface area (Å²) >= 11 is 6.42. The highest BCUT2D eigenvalue weighted by Crippen LogP contribution is 2.42. The van der Waals surface area contributed by atoms with Gasteiger partial charge < -0.3 is 14.2 Å². The van der Waals surface area contributed by atoms with Gasteiger partial charge in [0.2, 0.25) is 0 Å². The summed E-state index contributed by atoms with van der Waals surface area (Å²) in [6.45, 7) is -0.482. The van der Waals surface area contributed by atoms with Crippen LogP contribution in [0.1, 0.15) is 36.9 Å². The largest absolute Gasteiger partial charge is 0.455 e. The van der Waals surface area contributed by atoms with Gasteiger partial charge in [-0.05, 0) is 37.5 Å². The molecule has 7 nitrogen and oxygen atoms in total. The molecule has 1 aliphatic carbocycles. The van der Waals surface area contributed by atoms with Crippen LogP contribution in [-0.4, -0.2) is 41.4 Å². The number of fused-ring (bicyclic) bond motifs is 1. The average Bonchev–Trinajstić information content (AvgIpc) is 3.21. The highest BCUT2D eigenvalue weighted by molar-refractivity contribution is 6.31. The molecule has 1 aliphatic rings. The first kappa shape index (κ1) is 22.0. The number of halogens is 1. The van der Waals surface area contributed by atoms with E-state index in [-0.39, 0.29) is 12.2 Å². The fourth-order valence-electron chi connectivity index (χ4n) is 4.33. The maximum Gasteiger partial charge on any atom is 0.312 e. The lowest BCUT2D eigenvalue weighted by atomic mass is 9.74. The lowest BCUT2D eigenvalue weighted by Gasteiger charge is -2.43. The first-order chi connectivity index (χ1) is 15.4. The Morgan fingerprint density at radius 2 is 1.91 bits per heavy atom. The number of esters is 1. The fraction of sp³-hybridized carbons (Fsp3) is 0.333. The molecule has 1 saturated carbocycles. The third-order valence-electron chi connectivity index (χ3n) is 6.04. The van der Waals surface area contributed by atoms with Crippen LogP contribution < -0.4 is 0 Å². The van der Waals surface area contributed by atoms with Gasteiger partial charge in [-0.3, -0.25) is 14.4 Å². The third-order valence-corrected chi connectivity index (χ3v) is 6.37. The summed E-state index contributed by atoms with van der Waals surface area (Å²) in [6, 6.07) is 14.3. The third kappa shape index (κ3) is 4.00. The van der Waals surface area contributed by atoms with E-state index in [1.165, 1.54) is 4.90 Å². The van der Waals surface area contributed by atoms with Crippen LogP contribution in [0.15, 0.2) is 53.1 Å². The zero-order valence-electron chi connectivity index (χ0n) is 17.7. The lowest BCUT2D eigenvalue weighted by molar-refractivity contribution is -0.157. The highest BCUT2D eigenvalue weighted by atomic mass is 35.5. The van der Waals surface area contributed by atoms with Crippen LogP contribution in [0.25, 0.3) is 11.0 Å². The quantitative estimate of drug-likeness (QED) is 0.522. The normalized spacial score (nSPS) is 18.5. The maximum atomic E-state index is 13.1. The summed E-state index contributed by atoms with van der Waals surface area (Å²) in [6.07, 6.45) is 2.27. The van der Waals surface area contributed by atoms with Gasteiger partial charge >= 0.3 is 5.97 Å². The molecule has 166 valence electrons. The van der Waals surface area contributed by atoms with E-state index in [2.05, 4.69) is 5.16 Å². The molecule has 4 rings (SSSR count). The monoisotopic (exact) mass is 454 g/mol. The van der Waals surface area contributed by atoms with E-state index in [9.17, 15) is 14.4 Å². The summed E-state index contributed by atoms with van der Waals surface area (Å²) in [4.78, 5) is 39.9. The Morgan fingerprint density at radius 3 is 2.69 bits per heavy atom. The average molecular weight is 455 g/mol. The predicted molar refractivity (Wildman–Crippen MR) is 118 cm³/mol. The number of aromatic nitrogens is 1. The molecule has 0 radical (unpaired) electrons. The molecule has 0 N–H and O–H groups in total. The van der Waals surface area contributed by atoms with E-state index >= 15 is 0 Å². The summed E-state index contributed by atoms with van der Waals surface area (Å²) < 4.78 is 10.4. The number of ketones is 1. The van der Waals surface area contributed by atoms with Crippen LogP contribution in [0.4, 0.5) is 0 Å². The molecule has 1 heterocycles. The van der Waals surface area contributed by atoms with Gasteiger partial charge in [0.05, 0.1) is 6.42 Å². The van der Waals surface area contributed by atoms with Crippen LogP contribution in [0.2, 0.25) is 5.02 Å². The summed E-state index contributed by atoms with van der Waals surface area (Å²) in [5.74, 6) is -1.14. The Labute approximate surface area is 190 Å². The van der Waals surface area contributed by atoms with E-state index in [0.717, 1.165) is 18.2 Å². The number of benzene rings is 2. The Kier molecular flexibility index (Phi) is 6.28. The smallest absolute Gasteiger partial charge is 0.312 e. The molecule has 1 fully saturated rings. The van der Waals surface area contributed by atoms with Gasteiger partial charge in [-0.25, -0.2) is 0 Å². The zero-order chi connectivity index (χ0) is 22.7. The minimum absolute atomic E-state index is 0.0620. The minimum atomic E-state index is -1.16. The van der Waals surface area contributed by atoms with Crippen LogP contribution >= 0.6 is 11.6 Å². The summed E-state index contributed by atoms with van der Waals surface area (Å²) in [5.41, 5.74) is 0.454. The highest BCUT2D eigenvalue weighted by Gasteiger charge is 2.48. The Morgan fingerprint density at radius 1 is 1.16 bits per heavy atom. The van der Waals surface area contributed by atoms with Gasteiger partial charge in [0.15, 0.2) is 18.0 Å². The number of hydrogen-bond donors (Lipinski definition) is 0. The van der Waals surface area contributed by atoms with Crippen LogP contribution in [0.5, 0.6) is 0 Å². The van der Waals surface area contributed by atoms with Crippen LogP contribution in [0, 0.1) is 0 Å². The van der Waals surface area contributed by atoms with E-state index in [0.29, 0.717) is 34.7 Å². The second kappa shape index (κ2) is 9.12. The standard InChI is InChI=1S/C24H23ClN2O5/c1-27(24(13-7-6-12-21(24)28)17-9-3-4-10-18(17)25)22(29)15-31-23(30)14-19-16-8-2-5-11-20(16)32-26-19/h2-5,8-11H,6-7,12-15H2,1H3. The number of nitrogens with zero attached hydrogens (tertiary/aromatic N) is 2. The number of likely N-dealkylation sites (N-methyl/N-ethyl adjacent to an activating group) is 1. The first-order valence-corrected chi connectivity index (χ1v) is 10.8. The van der Waals surface area contributed by atoms with Gasteiger partial charge in [0.1, 0.15) is 11.2 Å². The van der Waals surface area contributed by atoms with Gasteiger partial charge in [-0.1, -0.05) is 47.1 Å². The van der Waals surface area contributed by atoms with Crippen molar-refractivity contribution in [3.63, 3.8) is 0 Å².